The van der Waals surface area contributed by atoms with Gasteiger partial charge in [0, 0.05) is 28.4 Å². The number of halogens is 1. The van der Waals surface area contributed by atoms with Crippen LogP contribution in [0.4, 0.5) is 0 Å². The first kappa shape index (κ1) is 17.7. The van der Waals surface area contributed by atoms with Crippen molar-refractivity contribution in [3.8, 4) is 0 Å². The van der Waals surface area contributed by atoms with Gasteiger partial charge in [0.05, 0.1) is 11.1 Å². The number of carbonyl (C=O) groups is 2. The van der Waals surface area contributed by atoms with Crippen LogP contribution in [0.25, 0.3) is 10.9 Å². The van der Waals surface area contributed by atoms with E-state index in [0.717, 1.165) is 29.6 Å². The molecule has 0 radical (unpaired) electrons. The Balaban J connectivity index is 1.47. The molecule has 3 aromatic rings. The van der Waals surface area contributed by atoms with Crippen LogP contribution in [0.3, 0.4) is 0 Å². The van der Waals surface area contributed by atoms with E-state index in [1.165, 1.54) is 0 Å². The number of rotatable bonds is 5. The Hall–Kier alpha value is -2.66. The van der Waals surface area contributed by atoms with Crippen LogP contribution < -0.4 is 0 Å². The summed E-state index contributed by atoms with van der Waals surface area (Å²) in [5.74, 6) is -0.714. The lowest BCUT2D eigenvalue weighted by Gasteiger charge is -2.08. The van der Waals surface area contributed by atoms with E-state index in [-0.39, 0.29) is 12.4 Å². The molecule has 2 aromatic heterocycles. The van der Waals surface area contributed by atoms with Crippen molar-refractivity contribution in [1.82, 2.24) is 9.55 Å². The van der Waals surface area contributed by atoms with Gasteiger partial charge < -0.3 is 9.30 Å². The maximum Gasteiger partial charge on any atom is 0.338 e. The van der Waals surface area contributed by atoms with Crippen molar-refractivity contribution in [3.05, 3.63) is 64.1 Å². The molecule has 4 rings (SSSR count). The molecule has 6 heteroatoms. The van der Waals surface area contributed by atoms with Gasteiger partial charge in [-0.25, -0.2) is 9.78 Å². The zero-order valence-electron chi connectivity index (χ0n) is 15.2. The molecule has 2 heterocycles. The standard InChI is InChI=1S/C21H19ClN2O3/c1-12-9-17(13(2)24(12)16-5-6-16)19(25)11-27-21(26)15-3-7-18-14(10-15)4-8-20(22)23-18/h3-4,7-10,16H,5-6,11H2,1-2H3. The first-order valence-electron chi connectivity index (χ1n) is 8.89. The molecule has 0 unspecified atom stereocenters. The van der Waals surface area contributed by atoms with Gasteiger partial charge in [0.15, 0.2) is 6.61 Å². The smallest absolute Gasteiger partial charge is 0.338 e. The van der Waals surface area contributed by atoms with Gasteiger partial charge in [-0.05, 0) is 63.1 Å². The lowest BCUT2D eigenvalue weighted by Crippen LogP contribution is -2.15. The summed E-state index contributed by atoms with van der Waals surface area (Å²) >= 11 is 5.87. The number of fused-ring (bicyclic) bond motifs is 1. The molecule has 1 aliphatic rings. The third-order valence-electron chi connectivity index (χ3n) is 4.92. The van der Waals surface area contributed by atoms with Crippen molar-refractivity contribution in [2.75, 3.05) is 6.61 Å². The Kier molecular flexibility index (Phi) is 4.48. The van der Waals surface area contributed by atoms with Gasteiger partial charge in [-0.3, -0.25) is 4.79 Å². The normalized spacial score (nSPS) is 13.7. The average Bonchev–Trinajstić information content (AvgIpc) is 3.43. The highest BCUT2D eigenvalue weighted by molar-refractivity contribution is 6.29. The Morgan fingerprint density at radius 3 is 2.70 bits per heavy atom. The molecule has 1 fully saturated rings. The quantitative estimate of drug-likeness (QED) is 0.365. The summed E-state index contributed by atoms with van der Waals surface area (Å²) < 4.78 is 7.46. The largest absolute Gasteiger partial charge is 0.454 e. The van der Waals surface area contributed by atoms with Gasteiger partial charge in [0.1, 0.15) is 5.15 Å². The second kappa shape index (κ2) is 6.82. The number of hydrogen-bond donors (Lipinski definition) is 0. The molecule has 5 nitrogen and oxygen atoms in total. The summed E-state index contributed by atoms with van der Waals surface area (Å²) in [6, 6.07) is 10.9. The van der Waals surface area contributed by atoms with Gasteiger partial charge in [0.25, 0.3) is 0 Å². The predicted octanol–water partition coefficient (Wildman–Crippen LogP) is 4.68. The van der Waals surface area contributed by atoms with Gasteiger partial charge in [0.2, 0.25) is 5.78 Å². The van der Waals surface area contributed by atoms with E-state index in [1.807, 2.05) is 19.9 Å². The number of pyridine rings is 1. The van der Waals surface area contributed by atoms with Crippen molar-refractivity contribution in [2.45, 2.75) is 32.7 Å². The minimum absolute atomic E-state index is 0.183. The fraction of sp³-hybridized carbons (Fsp3) is 0.286. The van der Waals surface area contributed by atoms with Crippen molar-refractivity contribution in [3.63, 3.8) is 0 Å². The number of carbonyl (C=O) groups excluding carboxylic acids is 2. The fourth-order valence-electron chi connectivity index (χ4n) is 3.47. The summed E-state index contributed by atoms with van der Waals surface area (Å²) in [6.07, 6.45) is 2.31. The number of hydrogen-bond acceptors (Lipinski definition) is 4. The highest BCUT2D eigenvalue weighted by Crippen LogP contribution is 2.38. The molecule has 1 aromatic carbocycles. The summed E-state index contributed by atoms with van der Waals surface area (Å²) in [5, 5.41) is 1.18. The van der Waals surface area contributed by atoms with Crippen LogP contribution in [0.2, 0.25) is 5.15 Å². The van der Waals surface area contributed by atoms with Gasteiger partial charge in [-0.15, -0.1) is 0 Å². The van der Waals surface area contributed by atoms with E-state index in [4.69, 9.17) is 16.3 Å². The number of aromatic nitrogens is 2. The summed E-state index contributed by atoms with van der Waals surface area (Å²) in [6.45, 7) is 3.68. The molecule has 0 bridgehead atoms. The molecular formula is C21H19ClN2O3. The van der Waals surface area contributed by atoms with Crippen LogP contribution in [0, 0.1) is 13.8 Å². The van der Waals surface area contributed by atoms with Crippen molar-refractivity contribution >= 4 is 34.3 Å². The molecule has 138 valence electrons. The van der Waals surface area contributed by atoms with Crippen molar-refractivity contribution in [1.29, 1.82) is 0 Å². The number of ether oxygens (including phenoxy) is 1. The summed E-state index contributed by atoms with van der Waals surface area (Å²) in [4.78, 5) is 29.1. The van der Waals surface area contributed by atoms with Gasteiger partial charge in [-0.1, -0.05) is 11.6 Å². The Bertz CT molecular complexity index is 1070. The second-order valence-electron chi connectivity index (χ2n) is 6.93. The molecule has 0 atom stereocenters. The van der Waals surface area contributed by atoms with Crippen LogP contribution in [-0.2, 0) is 4.74 Å². The van der Waals surface area contributed by atoms with Crippen LogP contribution in [0.15, 0.2) is 36.4 Å². The van der Waals surface area contributed by atoms with E-state index in [1.54, 1.807) is 30.3 Å². The summed E-state index contributed by atoms with van der Waals surface area (Å²) in [5.41, 5.74) is 3.73. The van der Waals surface area contributed by atoms with Crippen LogP contribution in [-0.4, -0.2) is 27.9 Å². The molecule has 0 spiro atoms. The number of Topliss-reactive ketones (excluding diaryl/α,β-unsaturated/α-hetero) is 1. The van der Waals surface area contributed by atoms with Crippen LogP contribution in [0.5, 0.6) is 0 Å². The highest BCUT2D eigenvalue weighted by atomic mass is 35.5. The van der Waals surface area contributed by atoms with Crippen molar-refractivity contribution in [2.24, 2.45) is 0 Å². The maximum absolute atomic E-state index is 12.5. The second-order valence-corrected chi connectivity index (χ2v) is 7.31. The zero-order valence-corrected chi connectivity index (χ0v) is 15.9. The Morgan fingerprint density at radius 2 is 1.96 bits per heavy atom. The SMILES string of the molecule is Cc1cc(C(=O)COC(=O)c2ccc3nc(Cl)ccc3c2)c(C)n1C1CC1. The van der Waals surface area contributed by atoms with Gasteiger partial charge >= 0.3 is 5.97 Å². The first-order valence-corrected chi connectivity index (χ1v) is 9.27. The van der Waals surface area contributed by atoms with Crippen molar-refractivity contribution < 1.29 is 14.3 Å². The van der Waals surface area contributed by atoms with E-state index in [9.17, 15) is 9.59 Å². The molecule has 1 aliphatic carbocycles. The lowest BCUT2D eigenvalue weighted by molar-refractivity contribution is 0.0474. The molecule has 1 saturated carbocycles. The van der Waals surface area contributed by atoms with E-state index in [0.29, 0.717) is 27.8 Å². The Labute approximate surface area is 161 Å². The minimum Gasteiger partial charge on any atom is -0.454 e. The summed E-state index contributed by atoms with van der Waals surface area (Å²) in [7, 11) is 0. The zero-order chi connectivity index (χ0) is 19.1. The molecule has 27 heavy (non-hydrogen) atoms. The van der Waals surface area contributed by atoms with E-state index >= 15 is 0 Å². The lowest BCUT2D eigenvalue weighted by atomic mass is 10.1. The number of nitrogens with zero attached hydrogens (tertiary/aromatic N) is 2. The average molecular weight is 383 g/mol. The number of benzene rings is 1. The number of aryl methyl sites for hydroxylation is 1. The number of esters is 1. The van der Waals surface area contributed by atoms with E-state index < -0.39 is 5.97 Å². The molecule has 0 N–H and O–H groups in total. The Morgan fingerprint density at radius 1 is 1.19 bits per heavy atom. The third kappa shape index (κ3) is 3.47. The third-order valence-corrected chi connectivity index (χ3v) is 5.13. The molecule has 0 amide bonds. The predicted molar refractivity (Wildman–Crippen MR) is 104 cm³/mol. The fourth-order valence-corrected chi connectivity index (χ4v) is 3.63. The monoisotopic (exact) mass is 382 g/mol. The first-order chi connectivity index (χ1) is 12.9. The minimum atomic E-state index is -0.531. The van der Waals surface area contributed by atoms with Gasteiger partial charge in [-0.2, -0.15) is 0 Å². The van der Waals surface area contributed by atoms with E-state index in [2.05, 4.69) is 9.55 Å². The topological polar surface area (TPSA) is 61.2 Å². The molecule has 0 saturated heterocycles. The molecular weight excluding hydrogens is 364 g/mol. The highest BCUT2D eigenvalue weighted by Gasteiger charge is 2.28. The molecule has 0 aliphatic heterocycles. The van der Waals surface area contributed by atoms with Crippen LogP contribution in [0.1, 0.15) is 51.0 Å². The maximum atomic E-state index is 12.5. The number of ketones is 1. The van der Waals surface area contributed by atoms with Crippen LogP contribution >= 0.6 is 11.6 Å².